The zero-order valence-corrected chi connectivity index (χ0v) is 16.6. The van der Waals surface area contributed by atoms with E-state index in [1.807, 2.05) is 84.9 Å². The molecule has 0 aliphatic rings. The van der Waals surface area contributed by atoms with Gasteiger partial charge < -0.3 is 15.1 Å². The standard InChI is InChI=1S/C24H22N4O2/c1-2-17-13-15-20(16-14-17)25-24(29)26-21(18-9-5-3-6-10-18)23-28-27-22(30-23)19-11-7-4-8-12-19/h3-16,21H,2H2,1H3,(H2,25,26,29). The van der Waals surface area contributed by atoms with Crippen LogP contribution in [0.5, 0.6) is 0 Å². The van der Waals surface area contributed by atoms with Gasteiger partial charge in [-0.2, -0.15) is 0 Å². The number of amides is 2. The summed E-state index contributed by atoms with van der Waals surface area (Å²) in [5, 5.41) is 14.2. The molecule has 3 aromatic carbocycles. The molecular weight excluding hydrogens is 376 g/mol. The molecule has 6 nitrogen and oxygen atoms in total. The molecule has 0 spiro atoms. The van der Waals surface area contributed by atoms with Gasteiger partial charge in [-0.25, -0.2) is 4.79 Å². The highest BCUT2D eigenvalue weighted by Crippen LogP contribution is 2.25. The highest BCUT2D eigenvalue weighted by atomic mass is 16.4. The maximum atomic E-state index is 12.7. The van der Waals surface area contributed by atoms with Gasteiger partial charge in [-0.05, 0) is 41.8 Å². The van der Waals surface area contributed by atoms with Crippen molar-refractivity contribution in [1.29, 1.82) is 0 Å². The number of benzene rings is 3. The molecule has 2 amide bonds. The lowest BCUT2D eigenvalue weighted by Gasteiger charge is -2.16. The van der Waals surface area contributed by atoms with Crippen LogP contribution in [0.15, 0.2) is 89.3 Å². The van der Waals surface area contributed by atoms with E-state index >= 15 is 0 Å². The number of hydrogen-bond donors (Lipinski definition) is 2. The highest BCUT2D eigenvalue weighted by Gasteiger charge is 2.23. The zero-order chi connectivity index (χ0) is 20.8. The van der Waals surface area contributed by atoms with E-state index in [2.05, 4.69) is 27.8 Å². The molecule has 4 rings (SSSR count). The van der Waals surface area contributed by atoms with Crippen molar-refractivity contribution in [2.45, 2.75) is 19.4 Å². The third kappa shape index (κ3) is 4.55. The third-order valence-corrected chi connectivity index (χ3v) is 4.74. The number of anilines is 1. The Morgan fingerprint density at radius 2 is 1.57 bits per heavy atom. The van der Waals surface area contributed by atoms with Crippen molar-refractivity contribution >= 4 is 11.7 Å². The molecule has 30 heavy (non-hydrogen) atoms. The summed E-state index contributed by atoms with van der Waals surface area (Å²) in [6, 6.07) is 25.9. The summed E-state index contributed by atoms with van der Waals surface area (Å²) in [5.74, 6) is 0.723. The van der Waals surface area contributed by atoms with Gasteiger partial charge in [-0.3, -0.25) is 0 Å². The molecule has 1 unspecified atom stereocenters. The average molecular weight is 398 g/mol. The van der Waals surface area contributed by atoms with Crippen LogP contribution in [-0.4, -0.2) is 16.2 Å². The second kappa shape index (κ2) is 9.05. The van der Waals surface area contributed by atoms with Crippen molar-refractivity contribution in [2.75, 3.05) is 5.32 Å². The summed E-state index contributed by atoms with van der Waals surface area (Å²) in [4.78, 5) is 12.7. The first-order chi connectivity index (χ1) is 14.7. The van der Waals surface area contributed by atoms with Gasteiger partial charge in [-0.15, -0.1) is 10.2 Å². The van der Waals surface area contributed by atoms with Crippen LogP contribution >= 0.6 is 0 Å². The topological polar surface area (TPSA) is 80.0 Å². The molecule has 1 heterocycles. The molecule has 1 aromatic heterocycles. The van der Waals surface area contributed by atoms with Gasteiger partial charge in [0, 0.05) is 11.3 Å². The summed E-state index contributed by atoms with van der Waals surface area (Å²) >= 11 is 0. The number of carbonyl (C=O) groups excluding carboxylic acids is 1. The minimum absolute atomic E-state index is 0.316. The fraction of sp³-hybridized carbons (Fsp3) is 0.125. The Kier molecular flexibility index (Phi) is 5.85. The lowest BCUT2D eigenvalue weighted by Crippen LogP contribution is -2.33. The van der Waals surface area contributed by atoms with E-state index in [4.69, 9.17) is 4.42 Å². The lowest BCUT2D eigenvalue weighted by molar-refractivity contribution is 0.248. The van der Waals surface area contributed by atoms with Gasteiger partial charge in [-0.1, -0.05) is 67.6 Å². The van der Waals surface area contributed by atoms with E-state index in [0.29, 0.717) is 17.5 Å². The molecule has 0 aliphatic heterocycles. The predicted octanol–water partition coefficient (Wildman–Crippen LogP) is 5.21. The molecule has 6 heteroatoms. The van der Waals surface area contributed by atoms with Crippen molar-refractivity contribution in [3.8, 4) is 11.5 Å². The predicted molar refractivity (Wildman–Crippen MR) is 116 cm³/mol. The Morgan fingerprint density at radius 3 is 2.23 bits per heavy atom. The Bertz CT molecular complexity index is 1090. The fourth-order valence-corrected chi connectivity index (χ4v) is 3.10. The van der Waals surface area contributed by atoms with Gasteiger partial charge in [0.05, 0.1) is 0 Å². The van der Waals surface area contributed by atoms with Crippen LogP contribution in [0.25, 0.3) is 11.5 Å². The van der Waals surface area contributed by atoms with Crippen LogP contribution in [0.1, 0.15) is 30.0 Å². The number of aromatic nitrogens is 2. The van der Waals surface area contributed by atoms with Crippen LogP contribution in [0, 0.1) is 0 Å². The van der Waals surface area contributed by atoms with Gasteiger partial charge >= 0.3 is 6.03 Å². The van der Waals surface area contributed by atoms with Crippen molar-refractivity contribution in [3.05, 3.63) is 102 Å². The maximum Gasteiger partial charge on any atom is 0.320 e. The molecule has 0 saturated heterocycles. The number of nitrogens with zero attached hydrogens (tertiary/aromatic N) is 2. The summed E-state index contributed by atoms with van der Waals surface area (Å²) in [7, 11) is 0. The zero-order valence-electron chi connectivity index (χ0n) is 16.6. The first kappa shape index (κ1) is 19.4. The third-order valence-electron chi connectivity index (χ3n) is 4.74. The Hall–Kier alpha value is -3.93. The van der Waals surface area contributed by atoms with Crippen molar-refractivity contribution in [2.24, 2.45) is 0 Å². The van der Waals surface area contributed by atoms with E-state index in [-0.39, 0.29) is 6.03 Å². The Morgan fingerprint density at radius 1 is 0.900 bits per heavy atom. The SMILES string of the molecule is CCc1ccc(NC(=O)NC(c2ccccc2)c2nnc(-c3ccccc3)o2)cc1. The smallest absolute Gasteiger partial charge is 0.320 e. The average Bonchev–Trinajstić information content (AvgIpc) is 3.29. The molecule has 2 N–H and O–H groups in total. The van der Waals surface area contributed by atoms with Crippen molar-refractivity contribution < 1.29 is 9.21 Å². The molecule has 0 saturated carbocycles. The van der Waals surface area contributed by atoms with Crippen molar-refractivity contribution in [3.63, 3.8) is 0 Å². The van der Waals surface area contributed by atoms with Gasteiger partial charge in [0.1, 0.15) is 6.04 Å². The molecule has 4 aromatic rings. The Labute approximate surface area is 175 Å². The van der Waals surface area contributed by atoms with E-state index < -0.39 is 6.04 Å². The van der Waals surface area contributed by atoms with Crippen molar-refractivity contribution in [1.82, 2.24) is 15.5 Å². The van der Waals surface area contributed by atoms with Gasteiger partial charge in [0.25, 0.3) is 0 Å². The number of urea groups is 1. The van der Waals surface area contributed by atoms with Gasteiger partial charge in [0.15, 0.2) is 0 Å². The van der Waals surface area contributed by atoms with E-state index in [0.717, 1.165) is 17.5 Å². The van der Waals surface area contributed by atoms with Crippen LogP contribution in [-0.2, 0) is 6.42 Å². The quantitative estimate of drug-likeness (QED) is 0.467. The Balaban J connectivity index is 1.56. The summed E-state index contributed by atoms with van der Waals surface area (Å²) in [6.07, 6.45) is 0.948. The second-order valence-corrected chi connectivity index (χ2v) is 6.80. The van der Waals surface area contributed by atoms with E-state index in [9.17, 15) is 4.79 Å². The first-order valence-corrected chi connectivity index (χ1v) is 9.83. The summed E-state index contributed by atoms with van der Waals surface area (Å²) in [5.41, 5.74) is 3.59. The second-order valence-electron chi connectivity index (χ2n) is 6.80. The number of carbonyl (C=O) groups is 1. The van der Waals surface area contributed by atoms with Crippen LogP contribution in [0.2, 0.25) is 0 Å². The minimum atomic E-state index is -0.578. The lowest BCUT2D eigenvalue weighted by atomic mass is 10.1. The van der Waals surface area contributed by atoms with E-state index in [1.54, 1.807) is 0 Å². The minimum Gasteiger partial charge on any atom is -0.418 e. The molecular formula is C24H22N4O2. The summed E-state index contributed by atoms with van der Waals surface area (Å²) < 4.78 is 5.90. The van der Waals surface area contributed by atoms with Crippen LogP contribution < -0.4 is 10.6 Å². The fourth-order valence-electron chi connectivity index (χ4n) is 3.10. The van der Waals surface area contributed by atoms with Crippen LogP contribution in [0.3, 0.4) is 0 Å². The largest absolute Gasteiger partial charge is 0.418 e. The number of nitrogens with one attached hydrogen (secondary N) is 2. The van der Waals surface area contributed by atoms with Crippen LogP contribution in [0.4, 0.5) is 10.5 Å². The van der Waals surface area contributed by atoms with E-state index in [1.165, 1.54) is 5.56 Å². The highest BCUT2D eigenvalue weighted by molar-refractivity contribution is 5.89. The number of hydrogen-bond acceptors (Lipinski definition) is 4. The first-order valence-electron chi connectivity index (χ1n) is 9.83. The molecule has 150 valence electrons. The molecule has 1 atom stereocenters. The molecule has 0 fully saturated rings. The number of rotatable bonds is 6. The molecule has 0 radical (unpaired) electrons. The normalized spacial score (nSPS) is 11.6. The van der Waals surface area contributed by atoms with Gasteiger partial charge in [0.2, 0.25) is 11.8 Å². The summed E-state index contributed by atoms with van der Waals surface area (Å²) in [6.45, 7) is 2.09. The molecule has 0 bridgehead atoms. The number of aryl methyl sites for hydroxylation is 1. The molecule has 0 aliphatic carbocycles. The maximum absolute atomic E-state index is 12.7. The monoisotopic (exact) mass is 398 g/mol.